The third-order valence-corrected chi connectivity index (χ3v) is 4.40. The molecule has 0 aromatic heterocycles. The Kier molecular flexibility index (Phi) is 4.99. The van der Waals surface area contributed by atoms with E-state index in [1.807, 2.05) is 4.90 Å². The van der Waals surface area contributed by atoms with E-state index in [9.17, 15) is 14.0 Å². The number of carbonyl (C=O) groups excluding carboxylic acids is 2. The Morgan fingerprint density at radius 1 is 1.46 bits per heavy atom. The summed E-state index contributed by atoms with van der Waals surface area (Å²) in [5.74, 6) is -0.226. The fraction of sp³-hybridized carbons (Fsp3) is 0.529. The van der Waals surface area contributed by atoms with Gasteiger partial charge in [-0.25, -0.2) is 4.39 Å². The first-order chi connectivity index (χ1) is 11.6. The van der Waals surface area contributed by atoms with Gasteiger partial charge in [-0.05, 0) is 18.9 Å². The number of piperazine rings is 1. The Hall–Kier alpha value is -2.15. The zero-order valence-corrected chi connectivity index (χ0v) is 13.7. The van der Waals surface area contributed by atoms with Gasteiger partial charge in [-0.2, -0.15) is 0 Å². The van der Waals surface area contributed by atoms with Crippen molar-refractivity contribution in [2.75, 3.05) is 20.2 Å². The molecule has 0 unspecified atom stereocenters. The summed E-state index contributed by atoms with van der Waals surface area (Å²) >= 11 is 0. The minimum absolute atomic E-state index is 0.0973. The number of rotatable bonds is 6. The maximum atomic E-state index is 14.2. The van der Waals surface area contributed by atoms with Gasteiger partial charge in [-0.15, -0.1) is 0 Å². The number of methoxy groups -OCH3 is 1. The van der Waals surface area contributed by atoms with E-state index in [0.29, 0.717) is 24.4 Å². The number of nitrogens with one attached hydrogen (secondary N) is 2. The molecule has 6 nitrogen and oxygen atoms in total. The van der Waals surface area contributed by atoms with Gasteiger partial charge < -0.3 is 15.4 Å². The molecular weight excluding hydrogens is 313 g/mol. The number of nitrogens with zero attached hydrogens (tertiary/aromatic N) is 1. The van der Waals surface area contributed by atoms with Crippen molar-refractivity contribution in [3.63, 3.8) is 0 Å². The van der Waals surface area contributed by atoms with Gasteiger partial charge in [0.2, 0.25) is 11.8 Å². The van der Waals surface area contributed by atoms with Crippen LogP contribution in [0.3, 0.4) is 0 Å². The molecule has 1 aliphatic carbocycles. The maximum absolute atomic E-state index is 14.2. The van der Waals surface area contributed by atoms with E-state index in [1.54, 1.807) is 12.1 Å². The Balaban J connectivity index is 1.68. The number of halogens is 1. The summed E-state index contributed by atoms with van der Waals surface area (Å²) in [4.78, 5) is 26.1. The van der Waals surface area contributed by atoms with Crippen molar-refractivity contribution in [1.29, 1.82) is 0 Å². The molecule has 1 saturated heterocycles. The van der Waals surface area contributed by atoms with Crippen LogP contribution < -0.4 is 15.4 Å². The van der Waals surface area contributed by atoms with Gasteiger partial charge >= 0.3 is 0 Å². The lowest BCUT2D eigenvalue weighted by molar-refractivity contribution is -0.134. The first-order valence-electron chi connectivity index (χ1n) is 8.20. The molecule has 2 amide bonds. The maximum Gasteiger partial charge on any atom is 0.237 e. The quantitative estimate of drug-likeness (QED) is 0.807. The van der Waals surface area contributed by atoms with E-state index in [1.165, 1.54) is 13.2 Å². The number of carbonyl (C=O) groups is 2. The molecule has 2 aliphatic rings. The van der Waals surface area contributed by atoms with Crippen molar-refractivity contribution in [1.82, 2.24) is 15.5 Å². The molecule has 130 valence electrons. The Morgan fingerprint density at radius 2 is 2.25 bits per heavy atom. The van der Waals surface area contributed by atoms with Crippen molar-refractivity contribution < 1.29 is 18.7 Å². The van der Waals surface area contributed by atoms with Gasteiger partial charge in [-0.3, -0.25) is 14.5 Å². The summed E-state index contributed by atoms with van der Waals surface area (Å²) in [6.07, 6.45) is 2.10. The standard InChI is InChI=1S/C17H22FN3O3/c1-24-13-5-2-11(14(18)8-13)10-21-7-6-19-17(23)15(21)9-16(22)20-12-3-4-12/h2,5,8,12,15H,3-4,6-7,9-10H2,1H3,(H,19,23)(H,20,22)/t15-/m0/s1. The predicted molar refractivity (Wildman–Crippen MR) is 85.9 cm³/mol. The molecule has 2 N–H and O–H groups in total. The Bertz CT molecular complexity index is 634. The molecule has 1 atom stereocenters. The molecule has 3 rings (SSSR count). The summed E-state index contributed by atoms with van der Waals surface area (Å²) in [7, 11) is 1.48. The Morgan fingerprint density at radius 3 is 2.92 bits per heavy atom. The third-order valence-electron chi connectivity index (χ3n) is 4.40. The average Bonchev–Trinajstić information content (AvgIpc) is 3.36. The summed E-state index contributed by atoms with van der Waals surface area (Å²) in [6.45, 7) is 1.36. The highest BCUT2D eigenvalue weighted by atomic mass is 19.1. The summed E-state index contributed by atoms with van der Waals surface area (Å²) in [6, 6.07) is 4.36. The molecule has 1 aromatic carbocycles. The van der Waals surface area contributed by atoms with Crippen LogP contribution >= 0.6 is 0 Å². The van der Waals surface area contributed by atoms with Crippen molar-refractivity contribution in [3.8, 4) is 5.75 Å². The molecule has 0 bridgehead atoms. The fourth-order valence-electron chi connectivity index (χ4n) is 2.87. The number of hydrogen-bond acceptors (Lipinski definition) is 4. The molecule has 0 radical (unpaired) electrons. The van der Waals surface area contributed by atoms with E-state index in [4.69, 9.17) is 4.74 Å². The molecule has 2 fully saturated rings. The first kappa shape index (κ1) is 16.7. The van der Waals surface area contributed by atoms with Crippen molar-refractivity contribution in [3.05, 3.63) is 29.6 Å². The van der Waals surface area contributed by atoms with E-state index < -0.39 is 6.04 Å². The van der Waals surface area contributed by atoms with Crippen LogP contribution in [0.2, 0.25) is 0 Å². The lowest BCUT2D eigenvalue weighted by atomic mass is 10.1. The number of benzene rings is 1. The second kappa shape index (κ2) is 7.17. The molecular formula is C17H22FN3O3. The van der Waals surface area contributed by atoms with E-state index in [2.05, 4.69) is 10.6 Å². The summed E-state index contributed by atoms with van der Waals surface area (Å²) < 4.78 is 19.2. The summed E-state index contributed by atoms with van der Waals surface area (Å²) in [5.41, 5.74) is 0.484. The molecule has 1 aliphatic heterocycles. The average molecular weight is 335 g/mol. The van der Waals surface area contributed by atoms with Crippen LogP contribution in [0.15, 0.2) is 18.2 Å². The highest BCUT2D eigenvalue weighted by molar-refractivity contribution is 5.89. The van der Waals surface area contributed by atoms with Crippen LogP contribution in [-0.4, -0.2) is 49.0 Å². The smallest absolute Gasteiger partial charge is 0.237 e. The van der Waals surface area contributed by atoms with Crippen LogP contribution in [0.1, 0.15) is 24.8 Å². The number of hydrogen-bond donors (Lipinski definition) is 2. The Labute approximate surface area is 140 Å². The third kappa shape index (κ3) is 4.03. The number of ether oxygens (including phenoxy) is 1. The SMILES string of the molecule is COc1ccc(CN2CCNC(=O)[C@@H]2CC(=O)NC2CC2)c(F)c1. The van der Waals surface area contributed by atoms with Crippen molar-refractivity contribution in [2.45, 2.75) is 37.9 Å². The van der Waals surface area contributed by atoms with E-state index >= 15 is 0 Å². The zero-order chi connectivity index (χ0) is 17.1. The monoisotopic (exact) mass is 335 g/mol. The minimum atomic E-state index is -0.570. The molecule has 0 spiro atoms. The van der Waals surface area contributed by atoms with Crippen LogP contribution in [0.25, 0.3) is 0 Å². The molecule has 1 saturated carbocycles. The normalized spacial score (nSPS) is 21.2. The van der Waals surface area contributed by atoms with E-state index in [0.717, 1.165) is 12.8 Å². The van der Waals surface area contributed by atoms with Crippen LogP contribution in [-0.2, 0) is 16.1 Å². The van der Waals surface area contributed by atoms with Crippen molar-refractivity contribution >= 4 is 11.8 Å². The molecule has 1 aromatic rings. The van der Waals surface area contributed by atoms with Crippen LogP contribution in [0, 0.1) is 5.82 Å². The predicted octanol–water partition coefficient (Wildman–Crippen LogP) is 0.803. The van der Waals surface area contributed by atoms with Crippen molar-refractivity contribution in [2.24, 2.45) is 0 Å². The summed E-state index contributed by atoms with van der Waals surface area (Å²) in [5, 5.41) is 5.68. The van der Waals surface area contributed by atoms with Gasteiger partial charge in [0.1, 0.15) is 11.6 Å². The van der Waals surface area contributed by atoms with Gasteiger partial charge in [0, 0.05) is 37.3 Å². The van der Waals surface area contributed by atoms with Gasteiger partial charge in [-0.1, -0.05) is 6.07 Å². The molecule has 1 heterocycles. The second-order valence-electron chi connectivity index (χ2n) is 6.28. The van der Waals surface area contributed by atoms with Crippen LogP contribution in [0.4, 0.5) is 4.39 Å². The minimum Gasteiger partial charge on any atom is -0.497 e. The second-order valence-corrected chi connectivity index (χ2v) is 6.28. The van der Waals surface area contributed by atoms with Gasteiger partial charge in [0.05, 0.1) is 19.6 Å². The molecule has 24 heavy (non-hydrogen) atoms. The van der Waals surface area contributed by atoms with Gasteiger partial charge in [0.25, 0.3) is 0 Å². The highest BCUT2D eigenvalue weighted by Gasteiger charge is 2.33. The topological polar surface area (TPSA) is 70.7 Å². The van der Waals surface area contributed by atoms with Crippen LogP contribution in [0.5, 0.6) is 5.75 Å². The highest BCUT2D eigenvalue weighted by Crippen LogP contribution is 2.22. The largest absolute Gasteiger partial charge is 0.497 e. The van der Waals surface area contributed by atoms with Gasteiger partial charge in [0.15, 0.2) is 0 Å². The zero-order valence-electron chi connectivity index (χ0n) is 13.7. The van der Waals surface area contributed by atoms with E-state index in [-0.39, 0.29) is 36.6 Å². The number of amides is 2. The first-order valence-corrected chi connectivity index (χ1v) is 8.20. The fourth-order valence-corrected chi connectivity index (χ4v) is 2.87. The lowest BCUT2D eigenvalue weighted by Gasteiger charge is -2.34. The molecule has 7 heteroatoms. The lowest BCUT2D eigenvalue weighted by Crippen LogP contribution is -2.56.